The zero-order valence-electron chi connectivity index (χ0n) is 15.9. The van der Waals surface area contributed by atoms with Gasteiger partial charge in [0.25, 0.3) is 11.6 Å². The number of piperazine rings is 1. The van der Waals surface area contributed by atoms with Crippen molar-refractivity contribution in [2.24, 2.45) is 0 Å². The first kappa shape index (κ1) is 20.0. The van der Waals surface area contributed by atoms with Crippen molar-refractivity contribution in [3.05, 3.63) is 75.8 Å². The van der Waals surface area contributed by atoms with Crippen LogP contribution in [0, 0.1) is 10.1 Å². The standard InChI is InChI=1S/C21H26N4O3/c26-21(19-8-4-9-20(16-19)25(27)28)22-10-5-11-23-12-14-24(15-13-23)17-18-6-2-1-3-7-18/h1-4,6-9,16H,5,10-15,17H2,(H,22,26). The van der Waals surface area contributed by atoms with Crippen LogP contribution >= 0.6 is 0 Å². The van der Waals surface area contributed by atoms with Crippen LogP contribution in [0.3, 0.4) is 0 Å². The van der Waals surface area contributed by atoms with Crippen LogP contribution in [0.5, 0.6) is 0 Å². The average molecular weight is 382 g/mol. The number of non-ortho nitro benzene ring substituents is 1. The topological polar surface area (TPSA) is 78.7 Å². The summed E-state index contributed by atoms with van der Waals surface area (Å²) in [7, 11) is 0. The molecule has 0 atom stereocenters. The van der Waals surface area contributed by atoms with Gasteiger partial charge in [0.05, 0.1) is 4.92 Å². The lowest BCUT2D eigenvalue weighted by molar-refractivity contribution is -0.384. The third kappa shape index (κ3) is 5.87. The molecule has 2 aromatic rings. The molecule has 3 rings (SSSR count). The van der Waals surface area contributed by atoms with Gasteiger partial charge in [0.2, 0.25) is 0 Å². The van der Waals surface area contributed by atoms with E-state index in [9.17, 15) is 14.9 Å². The van der Waals surface area contributed by atoms with Crippen molar-refractivity contribution in [2.75, 3.05) is 39.3 Å². The normalized spacial score (nSPS) is 15.3. The van der Waals surface area contributed by atoms with E-state index in [0.29, 0.717) is 12.1 Å². The first-order valence-corrected chi connectivity index (χ1v) is 9.63. The van der Waals surface area contributed by atoms with Crippen LogP contribution in [-0.2, 0) is 6.54 Å². The highest BCUT2D eigenvalue weighted by Gasteiger charge is 2.16. The summed E-state index contributed by atoms with van der Waals surface area (Å²) in [6.45, 7) is 6.66. The maximum atomic E-state index is 12.1. The summed E-state index contributed by atoms with van der Waals surface area (Å²) in [5.41, 5.74) is 1.60. The quantitative estimate of drug-likeness (QED) is 0.431. The Bertz CT molecular complexity index is 789. The molecule has 7 heteroatoms. The fraction of sp³-hybridized carbons (Fsp3) is 0.381. The van der Waals surface area contributed by atoms with E-state index in [2.05, 4.69) is 39.4 Å². The Morgan fingerprint density at radius 1 is 1.00 bits per heavy atom. The minimum Gasteiger partial charge on any atom is -0.352 e. The predicted octanol–water partition coefficient (Wildman–Crippen LogP) is 2.53. The lowest BCUT2D eigenvalue weighted by Gasteiger charge is -2.34. The fourth-order valence-electron chi connectivity index (χ4n) is 3.38. The van der Waals surface area contributed by atoms with Gasteiger partial charge in [-0.15, -0.1) is 0 Å². The molecule has 0 aromatic heterocycles. The summed E-state index contributed by atoms with van der Waals surface area (Å²) < 4.78 is 0. The SMILES string of the molecule is O=C(NCCCN1CCN(Cc2ccccc2)CC1)c1cccc([N+](=O)[O-])c1. The van der Waals surface area contributed by atoms with Crippen LogP contribution in [0.15, 0.2) is 54.6 Å². The number of rotatable bonds is 8. The summed E-state index contributed by atoms with van der Waals surface area (Å²) in [5.74, 6) is -0.267. The van der Waals surface area contributed by atoms with E-state index >= 15 is 0 Å². The number of nitro benzene ring substituents is 1. The van der Waals surface area contributed by atoms with E-state index in [0.717, 1.165) is 45.7 Å². The second kappa shape index (κ2) is 9.96. The molecule has 1 fully saturated rings. The molecular formula is C21H26N4O3. The number of amides is 1. The molecule has 2 aromatic carbocycles. The minimum atomic E-state index is -0.492. The summed E-state index contributed by atoms with van der Waals surface area (Å²) in [6, 6.07) is 16.3. The number of nitrogens with zero attached hydrogens (tertiary/aromatic N) is 3. The van der Waals surface area contributed by atoms with Gasteiger partial charge in [-0.05, 0) is 24.6 Å². The Kier molecular flexibility index (Phi) is 7.11. The van der Waals surface area contributed by atoms with Crippen LogP contribution in [0.2, 0.25) is 0 Å². The molecule has 0 radical (unpaired) electrons. The van der Waals surface area contributed by atoms with E-state index in [4.69, 9.17) is 0 Å². The van der Waals surface area contributed by atoms with Crippen LogP contribution in [0.1, 0.15) is 22.3 Å². The van der Waals surface area contributed by atoms with Gasteiger partial charge in [0, 0.05) is 57.0 Å². The molecule has 7 nitrogen and oxygen atoms in total. The maximum absolute atomic E-state index is 12.1. The van der Waals surface area contributed by atoms with E-state index in [1.165, 1.54) is 23.8 Å². The van der Waals surface area contributed by atoms with Crippen LogP contribution in [-0.4, -0.2) is 59.9 Å². The number of benzene rings is 2. The lowest BCUT2D eigenvalue weighted by atomic mass is 10.2. The first-order valence-electron chi connectivity index (χ1n) is 9.63. The van der Waals surface area contributed by atoms with Crippen LogP contribution in [0.4, 0.5) is 5.69 Å². The maximum Gasteiger partial charge on any atom is 0.270 e. The second-order valence-electron chi connectivity index (χ2n) is 7.02. The Morgan fingerprint density at radius 2 is 1.71 bits per heavy atom. The van der Waals surface area contributed by atoms with E-state index < -0.39 is 4.92 Å². The minimum absolute atomic E-state index is 0.0685. The Balaban J connectivity index is 1.33. The fourth-order valence-corrected chi connectivity index (χ4v) is 3.38. The smallest absolute Gasteiger partial charge is 0.270 e. The molecular weight excluding hydrogens is 356 g/mol. The molecule has 0 spiro atoms. The zero-order valence-corrected chi connectivity index (χ0v) is 15.9. The van der Waals surface area contributed by atoms with Gasteiger partial charge >= 0.3 is 0 Å². The molecule has 0 saturated carbocycles. The lowest BCUT2D eigenvalue weighted by Crippen LogP contribution is -2.46. The third-order valence-corrected chi connectivity index (χ3v) is 4.97. The van der Waals surface area contributed by atoms with Crippen molar-refractivity contribution in [3.8, 4) is 0 Å². The van der Waals surface area contributed by atoms with Crippen molar-refractivity contribution in [3.63, 3.8) is 0 Å². The first-order chi connectivity index (χ1) is 13.6. The van der Waals surface area contributed by atoms with Crippen LogP contribution < -0.4 is 5.32 Å². The van der Waals surface area contributed by atoms with Gasteiger partial charge in [0.1, 0.15) is 0 Å². The van der Waals surface area contributed by atoms with Crippen molar-refractivity contribution in [2.45, 2.75) is 13.0 Å². The summed E-state index contributed by atoms with van der Waals surface area (Å²) >= 11 is 0. The number of hydrogen-bond acceptors (Lipinski definition) is 5. The molecule has 28 heavy (non-hydrogen) atoms. The molecule has 0 bridgehead atoms. The molecule has 1 aliphatic heterocycles. The molecule has 1 saturated heterocycles. The number of nitrogens with one attached hydrogen (secondary N) is 1. The third-order valence-electron chi connectivity index (χ3n) is 4.97. The molecule has 148 valence electrons. The molecule has 1 N–H and O–H groups in total. The zero-order chi connectivity index (χ0) is 19.8. The number of hydrogen-bond donors (Lipinski definition) is 1. The molecule has 1 aliphatic rings. The Hall–Kier alpha value is -2.77. The highest BCUT2D eigenvalue weighted by atomic mass is 16.6. The molecule has 1 heterocycles. The predicted molar refractivity (Wildman–Crippen MR) is 108 cm³/mol. The highest BCUT2D eigenvalue weighted by molar-refractivity contribution is 5.94. The summed E-state index contributed by atoms with van der Waals surface area (Å²) in [5, 5.41) is 13.6. The van der Waals surface area contributed by atoms with Gasteiger partial charge in [-0.25, -0.2) is 0 Å². The number of carbonyl (C=O) groups excluding carboxylic acids is 1. The largest absolute Gasteiger partial charge is 0.352 e. The molecule has 1 amide bonds. The van der Waals surface area contributed by atoms with Crippen molar-refractivity contribution < 1.29 is 9.72 Å². The molecule has 0 aliphatic carbocycles. The number of carbonyl (C=O) groups is 1. The summed E-state index contributed by atoms with van der Waals surface area (Å²) in [6.07, 6.45) is 0.860. The monoisotopic (exact) mass is 382 g/mol. The van der Waals surface area contributed by atoms with Crippen LogP contribution in [0.25, 0.3) is 0 Å². The van der Waals surface area contributed by atoms with Crippen molar-refractivity contribution in [1.29, 1.82) is 0 Å². The van der Waals surface area contributed by atoms with Gasteiger partial charge < -0.3 is 10.2 Å². The average Bonchev–Trinajstić information content (AvgIpc) is 2.73. The Morgan fingerprint density at radius 3 is 2.43 bits per heavy atom. The summed E-state index contributed by atoms with van der Waals surface area (Å²) in [4.78, 5) is 27.3. The van der Waals surface area contributed by atoms with E-state index in [-0.39, 0.29) is 11.6 Å². The van der Waals surface area contributed by atoms with Gasteiger partial charge in [-0.2, -0.15) is 0 Å². The van der Waals surface area contributed by atoms with Gasteiger partial charge in [-0.1, -0.05) is 36.4 Å². The van der Waals surface area contributed by atoms with Crippen molar-refractivity contribution in [1.82, 2.24) is 15.1 Å². The highest BCUT2D eigenvalue weighted by Crippen LogP contribution is 2.13. The number of nitro groups is 1. The van der Waals surface area contributed by atoms with Crippen molar-refractivity contribution >= 4 is 11.6 Å². The Labute approximate surface area is 165 Å². The molecule has 0 unspecified atom stereocenters. The van der Waals surface area contributed by atoms with E-state index in [1.807, 2.05) is 6.07 Å². The van der Waals surface area contributed by atoms with Gasteiger partial charge in [-0.3, -0.25) is 19.8 Å². The van der Waals surface area contributed by atoms with Gasteiger partial charge in [0.15, 0.2) is 0 Å². The van der Waals surface area contributed by atoms with E-state index in [1.54, 1.807) is 6.07 Å². The second-order valence-corrected chi connectivity index (χ2v) is 7.02.